The molecule has 0 spiro atoms. The molecule has 0 aromatic carbocycles. The highest BCUT2D eigenvalue weighted by Crippen LogP contribution is 2.27. The van der Waals surface area contributed by atoms with E-state index in [0.717, 1.165) is 31.7 Å². The lowest BCUT2D eigenvalue weighted by molar-refractivity contribution is 0.242. The van der Waals surface area contributed by atoms with Crippen LogP contribution in [0.3, 0.4) is 0 Å². The predicted molar refractivity (Wildman–Crippen MR) is 83.0 cm³/mol. The van der Waals surface area contributed by atoms with E-state index in [1.165, 1.54) is 26.7 Å². The molecule has 0 unspecified atom stereocenters. The van der Waals surface area contributed by atoms with E-state index in [0.29, 0.717) is 0 Å². The number of hydrogen-bond acceptors (Lipinski definition) is 4. The number of H-pyrrole nitrogens is 2. The standard InChI is InChI=1S/C15H17N5S/c1-10-2-3-15(21-10)14-6-12(17-19-14)9-20-5-4-13-11(8-20)7-16-18-13/h2-3,6-7H,4-5,8-9H2,1H3,(H,16,18)(H,17,19). The molecule has 3 aromatic heterocycles. The zero-order valence-electron chi connectivity index (χ0n) is 11.9. The molecule has 1 aliphatic heterocycles. The van der Waals surface area contributed by atoms with Gasteiger partial charge < -0.3 is 0 Å². The highest BCUT2D eigenvalue weighted by atomic mass is 32.1. The molecule has 0 bridgehead atoms. The Morgan fingerprint density at radius 2 is 2.29 bits per heavy atom. The minimum atomic E-state index is 0.905. The van der Waals surface area contributed by atoms with Crippen LogP contribution in [0.2, 0.25) is 0 Å². The molecule has 0 aliphatic carbocycles. The van der Waals surface area contributed by atoms with Crippen LogP contribution in [-0.2, 0) is 19.5 Å². The molecule has 6 heteroatoms. The Morgan fingerprint density at radius 1 is 1.33 bits per heavy atom. The summed E-state index contributed by atoms with van der Waals surface area (Å²) in [4.78, 5) is 4.97. The molecule has 0 saturated carbocycles. The van der Waals surface area contributed by atoms with Crippen LogP contribution in [0.4, 0.5) is 0 Å². The number of thiophene rings is 1. The summed E-state index contributed by atoms with van der Waals surface area (Å²) < 4.78 is 0. The molecule has 5 nitrogen and oxygen atoms in total. The van der Waals surface area contributed by atoms with Gasteiger partial charge >= 0.3 is 0 Å². The van der Waals surface area contributed by atoms with E-state index in [4.69, 9.17) is 0 Å². The number of aryl methyl sites for hydroxylation is 1. The molecule has 2 N–H and O–H groups in total. The van der Waals surface area contributed by atoms with Gasteiger partial charge in [0.2, 0.25) is 0 Å². The van der Waals surface area contributed by atoms with Crippen LogP contribution < -0.4 is 0 Å². The van der Waals surface area contributed by atoms with Gasteiger partial charge in [-0.2, -0.15) is 10.2 Å². The second-order valence-corrected chi connectivity index (χ2v) is 6.81. The molecule has 3 aromatic rings. The Bertz CT molecular complexity index is 754. The zero-order chi connectivity index (χ0) is 14.2. The Hall–Kier alpha value is -1.92. The number of hydrogen-bond donors (Lipinski definition) is 2. The lowest BCUT2D eigenvalue weighted by atomic mass is 10.1. The van der Waals surface area contributed by atoms with Gasteiger partial charge in [0.15, 0.2) is 0 Å². The number of aromatic amines is 2. The fraction of sp³-hybridized carbons (Fsp3) is 0.333. The summed E-state index contributed by atoms with van der Waals surface area (Å²) in [5, 5.41) is 14.8. The number of nitrogens with one attached hydrogen (secondary N) is 2. The molecular formula is C15H17N5S. The molecule has 4 rings (SSSR count). The molecule has 0 fully saturated rings. The van der Waals surface area contributed by atoms with Gasteiger partial charge in [-0.25, -0.2) is 0 Å². The summed E-state index contributed by atoms with van der Waals surface area (Å²) in [7, 11) is 0. The number of aromatic nitrogens is 4. The third kappa shape index (κ3) is 2.52. The highest BCUT2D eigenvalue weighted by molar-refractivity contribution is 7.15. The third-order valence-corrected chi connectivity index (χ3v) is 4.92. The van der Waals surface area contributed by atoms with Gasteiger partial charge in [0, 0.05) is 47.9 Å². The van der Waals surface area contributed by atoms with E-state index in [9.17, 15) is 0 Å². The van der Waals surface area contributed by atoms with Gasteiger partial charge in [0.1, 0.15) is 5.69 Å². The molecular weight excluding hydrogens is 282 g/mol. The Kier molecular flexibility index (Phi) is 3.12. The first-order valence-corrected chi connectivity index (χ1v) is 7.94. The van der Waals surface area contributed by atoms with Crippen molar-refractivity contribution in [3.63, 3.8) is 0 Å². The molecule has 21 heavy (non-hydrogen) atoms. The summed E-state index contributed by atoms with van der Waals surface area (Å²) in [5.74, 6) is 0. The van der Waals surface area contributed by atoms with Crippen LogP contribution >= 0.6 is 11.3 Å². The van der Waals surface area contributed by atoms with Crippen molar-refractivity contribution in [1.29, 1.82) is 0 Å². The smallest absolute Gasteiger partial charge is 0.102 e. The second kappa shape index (κ2) is 5.13. The largest absolute Gasteiger partial charge is 0.293 e. The van der Waals surface area contributed by atoms with Crippen molar-refractivity contribution in [2.45, 2.75) is 26.4 Å². The van der Waals surface area contributed by atoms with Crippen molar-refractivity contribution in [3.8, 4) is 10.6 Å². The maximum Gasteiger partial charge on any atom is 0.102 e. The third-order valence-electron chi connectivity index (χ3n) is 3.90. The van der Waals surface area contributed by atoms with Crippen molar-refractivity contribution < 1.29 is 0 Å². The minimum Gasteiger partial charge on any atom is -0.293 e. The molecule has 0 saturated heterocycles. The van der Waals surface area contributed by atoms with Crippen LogP contribution in [0.25, 0.3) is 10.6 Å². The summed E-state index contributed by atoms with van der Waals surface area (Å²) in [6.45, 7) is 5.04. The summed E-state index contributed by atoms with van der Waals surface area (Å²) in [5.41, 5.74) is 4.81. The van der Waals surface area contributed by atoms with E-state index in [2.05, 4.69) is 50.4 Å². The van der Waals surface area contributed by atoms with Crippen LogP contribution in [0.1, 0.15) is 21.8 Å². The van der Waals surface area contributed by atoms with Crippen LogP contribution in [0.5, 0.6) is 0 Å². The minimum absolute atomic E-state index is 0.905. The van der Waals surface area contributed by atoms with Crippen molar-refractivity contribution >= 4 is 11.3 Å². The van der Waals surface area contributed by atoms with E-state index in [1.807, 2.05) is 6.20 Å². The summed E-state index contributed by atoms with van der Waals surface area (Å²) in [6, 6.07) is 6.44. The molecule has 4 heterocycles. The first-order chi connectivity index (χ1) is 10.3. The highest BCUT2D eigenvalue weighted by Gasteiger charge is 2.18. The molecule has 0 amide bonds. The average molecular weight is 299 g/mol. The zero-order valence-corrected chi connectivity index (χ0v) is 12.7. The van der Waals surface area contributed by atoms with Gasteiger partial charge in [-0.15, -0.1) is 11.3 Å². The van der Waals surface area contributed by atoms with Crippen molar-refractivity contribution in [2.24, 2.45) is 0 Å². The van der Waals surface area contributed by atoms with Crippen molar-refractivity contribution in [3.05, 3.63) is 46.2 Å². The van der Waals surface area contributed by atoms with Crippen molar-refractivity contribution in [1.82, 2.24) is 25.3 Å². The number of rotatable bonds is 3. The van der Waals surface area contributed by atoms with Crippen LogP contribution in [-0.4, -0.2) is 31.8 Å². The molecule has 108 valence electrons. The van der Waals surface area contributed by atoms with Gasteiger partial charge in [0.05, 0.1) is 11.1 Å². The summed E-state index contributed by atoms with van der Waals surface area (Å²) in [6.07, 6.45) is 2.98. The monoisotopic (exact) mass is 299 g/mol. The topological polar surface area (TPSA) is 60.6 Å². The molecule has 0 radical (unpaired) electrons. The SMILES string of the molecule is Cc1ccc(-c2cc(CN3CCc4[nH]ncc4C3)[nH]n2)s1. The van der Waals surface area contributed by atoms with E-state index >= 15 is 0 Å². The maximum absolute atomic E-state index is 4.44. The van der Waals surface area contributed by atoms with Gasteiger partial charge in [0.25, 0.3) is 0 Å². The average Bonchev–Trinajstić information content (AvgIpc) is 3.18. The van der Waals surface area contributed by atoms with Crippen LogP contribution in [0, 0.1) is 6.92 Å². The van der Waals surface area contributed by atoms with E-state index < -0.39 is 0 Å². The maximum atomic E-state index is 4.44. The van der Waals surface area contributed by atoms with Gasteiger partial charge in [-0.05, 0) is 25.1 Å². The fourth-order valence-corrected chi connectivity index (χ4v) is 3.63. The molecule has 0 atom stereocenters. The summed E-state index contributed by atoms with van der Waals surface area (Å²) >= 11 is 1.78. The lowest BCUT2D eigenvalue weighted by Gasteiger charge is -2.25. The first kappa shape index (κ1) is 12.8. The van der Waals surface area contributed by atoms with Crippen LogP contribution in [0.15, 0.2) is 24.4 Å². The van der Waals surface area contributed by atoms with Crippen molar-refractivity contribution in [2.75, 3.05) is 6.54 Å². The van der Waals surface area contributed by atoms with Gasteiger partial charge in [-0.3, -0.25) is 15.1 Å². The van der Waals surface area contributed by atoms with E-state index in [-0.39, 0.29) is 0 Å². The lowest BCUT2D eigenvalue weighted by Crippen LogP contribution is -2.29. The second-order valence-electron chi connectivity index (χ2n) is 5.52. The molecule has 1 aliphatic rings. The Morgan fingerprint density at radius 3 is 3.14 bits per heavy atom. The number of fused-ring (bicyclic) bond motifs is 1. The van der Waals surface area contributed by atoms with Gasteiger partial charge in [-0.1, -0.05) is 0 Å². The Balaban J connectivity index is 1.47. The quantitative estimate of drug-likeness (QED) is 0.782. The number of nitrogens with zero attached hydrogens (tertiary/aromatic N) is 3. The fourth-order valence-electron chi connectivity index (χ4n) is 2.80. The normalized spacial score (nSPS) is 15.3. The predicted octanol–water partition coefficient (Wildman–Crippen LogP) is 2.73. The van der Waals surface area contributed by atoms with E-state index in [1.54, 1.807) is 11.3 Å². The Labute approximate surface area is 127 Å². The first-order valence-electron chi connectivity index (χ1n) is 7.12.